The van der Waals surface area contributed by atoms with Crippen molar-refractivity contribution in [1.82, 2.24) is 4.90 Å². The molecular formula is C19H22N2O4. The van der Waals surface area contributed by atoms with Gasteiger partial charge in [-0.05, 0) is 17.7 Å². The highest BCUT2D eigenvalue weighted by Crippen LogP contribution is 2.25. The van der Waals surface area contributed by atoms with E-state index >= 15 is 0 Å². The fourth-order valence-corrected chi connectivity index (χ4v) is 2.69. The summed E-state index contributed by atoms with van der Waals surface area (Å²) >= 11 is 0. The van der Waals surface area contributed by atoms with Crippen molar-refractivity contribution in [3.8, 4) is 5.75 Å². The first kappa shape index (κ1) is 17.3. The van der Waals surface area contributed by atoms with Gasteiger partial charge >= 0.3 is 6.03 Å². The third kappa shape index (κ3) is 4.29. The molecule has 1 aliphatic heterocycles. The number of ether oxygens (including phenoxy) is 2. The second-order valence-corrected chi connectivity index (χ2v) is 5.98. The maximum absolute atomic E-state index is 12.5. The number of nitrogens with one attached hydrogen (secondary N) is 1. The molecule has 2 atom stereocenters. The molecule has 0 aliphatic carbocycles. The molecule has 2 aromatic rings. The Labute approximate surface area is 147 Å². The summed E-state index contributed by atoms with van der Waals surface area (Å²) in [5.41, 5.74) is 1.63. The number of hydrogen-bond acceptors (Lipinski definition) is 4. The first-order valence-corrected chi connectivity index (χ1v) is 8.20. The number of carbonyl (C=O) groups is 1. The minimum Gasteiger partial charge on any atom is -0.487 e. The second-order valence-electron chi connectivity index (χ2n) is 5.98. The van der Waals surface area contributed by atoms with Gasteiger partial charge in [0.25, 0.3) is 0 Å². The van der Waals surface area contributed by atoms with Crippen LogP contribution in [-0.2, 0) is 11.3 Å². The van der Waals surface area contributed by atoms with E-state index in [-0.39, 0.29) is 18.7 Å². The smallest absolute Gasteiger partial charge is 0.322 e. The van der Waals surface area contributed by atoms with Crippen molar-refractivity contribution in [1.29, 1.82) is 0 Å². The molecule has 2 amide bonds. The Kier molecular flexibility index (Phi) is 5.53. The first-order valence-electron chi connectivity index (χ1n) is 8.20. The van der Waals surface area contributed by atoms with Crippen LogP contribution in [0.4, 0.5) is 10.5 Å². The molecule has 0 aromatic heterocycles. The Morgan fingerprint density at radius 3 is 2.64 bits per heavy atom. The minimum atomic E-state index is -0.666. The van der Waals surface area contributed by atoms with Gasteiger partial charge in [-0.15, -0.1) is 0 Å². The number of para-hydroxylation sites is 2. The average Bonchev–Trinajstić information content (AvgIpc) is 3.07. The molecule has 0 unspecified atom stereocenters. The topological polar surface area (TPSA) is 71.0 Å². The van der Waals surface area contributed by atoms with E-state index in [2.05, 4.69) is 5.32 Å². The maximum Gasteiger partial charge on any atom is 0.322 e. The molecule has 0 spiro atoms. The van der Waals surface area contributed by atoms with Crippen molar-refractivity contribution in [2.24, 2.45) is 0 Å². The van der Waals surface area contributed by atoms with Gasteiger partial charge in [0.2, 0.25) is 0 Å². The highest BCUT2D eigenvalue weighted by molar-refractivity contribution is 5.91. The number of urea groups is 1. The Morgan fingerprint density at radius 2 is 1.92 bits per heavy atom. The molecule has 0 radical (unpaired) electrons. The Balaban J connectivity index is 1.65. The lowest BCUT2D eigenvalue weighted by atomic mass is 10.2. The van der Waals surface area contributed by atoms with Gasteiger partial charge in [-0.25, -0.2) is 4.79 Å². The van der Waals surface area contributed by atoms with Crippen LogP contribution in [0.3, 0.4) is 0 Å². The molecule has 2 N–H and O–H groups in total. The fraction of sp³-hybridized carbons (Fsp3) is 0.316. The lowest BCUT2D eigenvalue weighted by Crippen LogP contribution is -2.45. The van der Waals surface area contributed by atoms with Gasteiger partial charge in [0.15, 0.2) is 0 Å². The lowest BCUT2D eigenvalue weighted by molar-refractivity contribution is 0.106. The van der Waals surface area contributed by atoms with E-state index in [0.717, 1.165) is 5.56 Å². The van der Waals surface area contributed by atoms with Gasteiger partial charge in [-0.2, -0.15) is 0 Å². The number of likely N-dealkylation sites (N-methyl/N-ethyl adjacent to an activating group) is 1. The van der Waals surface area contributed by atoms with E-state index in [1.165, 1.54) is 4.90 Å². The number of amides is 2. The van der Waals surface area contributed by atoms with E-state index < -0.39 is 6.10 Å². The first-order chi connectivity index (χ1) is 12.1. The summed E-state index contributed by atoms with van der Waals surface area (Å²) in [6, 6.07) is 16.4. The lowest BCUT2D eigenvalue weighted by Gasteiger charge is -2.26. The molecule has 0 saturated carbocycles. The van der Waals surface area contributed by atoms with Crippen molar-refractivity contribution in [2.75, 3.05) is 25.6 Å². The van der Waals surface area contributed by atoms with Crippen molar-refractivity contribution in [2.45, 2.75) is 18.8 Å². The van der Waals surface area contributed by atoms with Crippen LogP contribution >= 0.6 is 0 Å². The molecule has 2 aromatic carbocycles. The molecule has 25 heavy (non-hydrogen) atoms. The molecule has 6 nitrogen and oxygen atoms in total. The van der Waals surface area contributed by atoms with Gasteiger partial charge in [-0.1, -0.05) is 42.5 Å². The van der Waals surface area contributed by atoms with Crippen LogP contribution in [0.15, 0.2) is 54.6 Å². The van der Waals surface area contributed by atoms with Crippen LogP contribution in [-0.4, -0.2) is 48.4 Å². The second kappa shape index (κ2) is 8.00. The van der Waals surface area contributed by atoms with Crippen molar-refractivity contribution in [3.63, 3.8) is 0 Å². The Bertz CT molecular complexity index is 708. The molecule has 6 heteroatoms. The van der Waals surface area contributed by atoms with E-state index in [0.29, 0.717) is 24.7 Å². The number of benzene rings is 2. The van der Waals surface area contributed by atoms with E-state index in [1.807, 2.05) is 48.5 Å². The normalized spacial score (nSPS) is 19.4. The molecule has 1 heterocycles. The SMILES string of the molecule is CN(C(=O)Nc1ccccc1OCc1ccccc1)[C@@H]1COC[C@H]1O. The summed E-state index contributed by atoms with van der Waals surface area (Å²) in [7, 11) is 1.64. The van der Waals surface area contributed by atoms with Gasteiger partial charge < -0.3 is 24.8 Å². The molecule has 3 rings (SSSR count). The van der Waals surface area contributed by atoms with Gasteiger partial charge in [0.1, 0.15) is 12.4 Å². The largest absolute Gasteiger partial charge is 0.487 e. The van der Waals surface area contributed by atoms with Crippen LogP contribution in [0.2, 0.25) is 0 Å². The predicted octanol–water partition coefficient (Wildman–Crippen LogP) is 2.49. The number of rotatable bonds is 5. The average molecular weight is 342 g/mol. The van der Waals surface area contributed by atoms with Crippen molar-refractivity contribution >= 4 is 11.7 Å². The standard InChI is InChI=1S/C19H22N2O4/c1-21(16-12-24-13-17(16)22)19(23)20-15-9-5-6-10-18(15)25-11-14-7-3-2-4-8-14/h2-10,16-17,22H,11-13H2,1H3,(H,20,23)/t16-,17-/m1/s1. The monoisotopic (exact) mass is 342 g/mol. The molecule has 0 bridgehead atoms. The number of hydrogen-bond donors (Lipinski definition) is 2. The quantitative estimate of drug-likeness (QED) is 0.876. The van der Waals surface area contributed by atoms with Crippen molar-refractivity contribution in [3.05, 3.63) is 60.2 Å². The minimum absolute atomic E-state index is 0.249. The zero-order chi connectivity index (χ0) is 17.6. The van der Waals surface area contributed by atoms with E-state index in [1.54, 1.807) is 13.1 Å². The van der Waals surface area contributed by atoms with Crippen LogP contribution in [0.25, 0.3) is 0 Å². The maximum atomic E-state index is 12.5. The summed E-state index contributed by atoms with van der Waals surface area (Å²) < 4.78 is 11.0. The fourth-order valence-electron chi connectivity index (χ4n) is 2.69. The number of carbonyl (C=O) groups excluding carboxylic acids is 1. The van der Waals surface area contributed by atoms with Gasteiger partial charge in [0, 0.05) is 7.05 Å². The molecule has 1 saturated heterocycles. The Hall–Kier alpha value is -2.57. The van der Waals surface area contributed by atoms with Crippen molar-refractivity contribution < 1.29 is 19.4 Å². The van der Waals surface area contributed by atoms with Crippen LogP contribution < -0.4 is 10.1 Å². The Morgan fingerprint density at radius 1 is 1.20 bits per heavy atom. The van der Waals surface area contributed by atoms with E-state index in [9.17, 15) is 9.90 Å². The zero-order valence-electron chi connectivity index (χ0n) is 14.1. The number of anilines is 1. The summed E-state index contributed by atoms with van der Waals surface area (Å²) in [5.74, 6) is 0.594. The molecular weight excluding hydrogens is 320 g/mol. The third-order valence-corrected chi connectivity index (χ3v) is 4.21. The molecule has 1 fully saturated rings. The highest BCUT2D eigenvalue weighted by atomic mass is 16.5. The van der Waals surface area contributed by atoms with Gasteiger partial charge in [0.05, 0.1) is 31.0 Å². The van der Waals surface area contributed by atoms with Crippen LogP contribution in [0.5, 0.6) is 5.75 Å². The van der Waals surface area contributed by atoms with Crippen LogP contribution in [0.1, 0.15) is 5.56 Å². The zero-order valence-corrected chi connectivity index (χ0v) is 14.1. The summed E-state index contributed by atoms with van der Waals surface area (Å²) in [5, 5.41) is 12.7. The summed E-state index contributed by atoms with van der Waals surface area (Å²) in [6.07, 6.45) is -0.666. The molecule has 1 aliphatic rings. The van der Waals surface area contributed by atoms with Crippen LogP contribution in [0, 0.1) is 0 Å². The summed E-state index contributed by atoms with van der Waals surface area (Å²) in [6.45, 7) is 0.995. The third-order valence-electron chi connectivity index (χ3n) is 4.21. The van der Waals surface area contributed by atoms with E-state index in [4.69, 9.17) is 9.47 Å². The predicted molar refractivity (Wildman–Crippen MR) is 94.6 cm³/mol. The highest BCUT2D eigenvalue weighted by Gasteiger charge is 2.32. The number of aliphatic hydroxyl groups is 1. The number of aliphatic hydroxyl groups excluding tert-OH is 1. The molecule has 132 valence electrons. The number of nitrogens with zero attached hydrogens (tertiary/aromatic N) is 1. The summed E-state index contributed by atoms with van der Waals surface area (Å²) in [4.78, 5) is 13.9. The van der Waals surface area contributed by atoms with Gasteiger partial charge in [-0.3, -0.25) is 0 Å².